The zero-order chi connectivity index (χ0) is 22.1. The second-order valence-corrected chi connectivity index (χ2v) is 9.51. The number of carbonyl (C=O) groups excluding carboxylic acids is 1. The number of carboxylic acids is 1. The molecule has 1 aromatic carbocycles. The van der Waals surface area contributed by atoms with Gasteiger partial charge in [-0.1, -0.05) is 47.3 Å². The van der Waals surface area contributed by atoms with Gasteiger partial charge in [0.25, 0.3) is 0 Å². The fourth-order valence-electron chi connectivity index (χ4n) is 3.22. The molecule has 1 aliphatic carbocycles. The van der Waals surface area contributed by atoms with E-state index in [2.05, 4.69) is 22.3 Å². The Hall–Kier alpha value is -3.61. The van der Waals surface area contributed by atoms with Crippen molar-refractivity contribution in [1.29, 1.82) is 0 Å². The lowest BCUT2D eigenvalue weighted by atomic mass is 10.1. The SMILES string of the molecule is O=C(Nc1oncc1C#Cc1cc2sc(C3(C(=O)O)CC3)cc2s1)OCc1ccccc1. The highest BCUT2D eigenvalue weighted by molar-refractivity contribution is 7.28. The normalized spacial score (nSPS) is 13.9. The maximum Gasteiger partial charge on any atom is 0.414 e. The Morgan fingerprint density at radius 1 is 1.16 bits per heavy atom. The lowest BCUT2D eigenvalue weighted by Gasteiger charge is -2.04. The van der Waals surface area contributed by atoms with Crippen molar-refractivity contribution in [1.82, 2.24) is 5.16 Å². The number of rotatable bonds is 5. The van der Waals surface area contributed by atoms with E-state index in [0.29, 0.717) is 18.4 Å². The first-order chi connectivity index (χ1) is 15.5. The highest BCUT2D eigenvalue weighted by Gasteiger charge is 2.53. The van der Waals surface area contributed by atoms with E-state index < -0.39 is 17.5 Å². The van der Waals surface area contributed by atoms with Crippen LogP contribution < -0.4 is 5.32 Å². The lowest BCUT2D eigenvalue weighted by molar-refractivity contribution is -0.139. The molecule has 3 aromatic heterocycles. The van der Waals surface area contributed by atoms with Gasteiger partial charge in [0.1, 0.15) is 17.6 Å². The van der Waals surface area contributed by atoms with Gasteiger partial charge >= 0.3 is 12.1 Å². The van der Waals surface area contributed by atoms with E-state index >= 15 is 0 Å². The number of hydrogen-bond donors (Lipinski definition) is 2. The second-order valence-electron chi connectivity index (χ2n) is 7.34. The van der Waals surface area contributed by atoms with Crippen molar-refractivity contribution < 1.29 is 24.0 Å². The zero-order valence-corrected chi connectivity index (χ0v) is 18.2. The minimum absolute atomic E-state index is 0.119. The maximum atomic E-state index is 12.1. The van der Waals surface area contributed by atoms with Crippen LogP contribution in [0.15, 0.2) is 53.2 Å². The zero-order valence-electron chi connectivity index (χ0n) is 16.6. The highest BCUT2D eigenvalue weighted by atomic mass is 32.1. The van der Waals surface area contributed by atoms with Crippen LogP contribution in [0, 0.1) is 11.8 Å². The molecule has 1 aliphatic rings. The molecule has 1 saturated carbocycles. The number of carbonyl (C=O) groups is 2. The summed E-state index contributed by atoms with van der Waals surface area (Å²) < 4.78 is 12.3. The number of benzene rings is 1. The molecule has 160 valence electrons. The average Bonchev–Trinajstić information content (AvgIpc) is 3.11. The number of aromatic nitrogens is 1. The van der Waals surface area contributed by atoms with Crippen molar-refractivity contribution >= 4 is 50.0 Å². The van der Waals surface area contributed by atoms with Crippen LogP contribution in [0.3, 0.4) is 0 Å². The number of amides is 1. The fourth-order valence-corrected chi connectivity index (χ4v) is 5.71. The number of nitrogens with one attached hydrogen (secondary N) is 1. The topological polar surface area (TPSA) is 102 Å². The Kier molecular flexibility index (Phi) is 5.17. The minimum atomic E-state index is -0.749. The van der Waals surface area contributed by atoms with Gasteiger partial charge in [-0.05, 0) is 30.5 Å². The molecule has 9 heteroatoms. The van der Waals surface area contributed by atoms with Gasteiger partial charge in [0.15, 0.2) is 0 Å². The summed E-state index contributed by atoms with van der Waals surface area (Å²) in [5, 5.41) is 15.7. The van der Waals surface area contributed by atoms with E-state index in [9.17, 15) is 14.7 Å². The summed E-state index contributed by atoms with van der Waals surface area (Å²) in [5.74, 6) is 5.39. The number of nitrogens with zero attached hydrogens (tertiary/aromatic N) is 1. The van der Waals surface area contributed by atoms with Crippen LogP contribution in [0.1, 0.15) is 33.7 Å². The Morgan fingerprint density at radius 2 is 1.94 bits per heavy atom. The molecule has 0 saturated heterocycles. The molecule has 2 N–H and O–H groups in total. The van der Waals surface area contributed by atoms with Crippen LogP contribution in [0.5, 0.6) is 0 Å². The standard InChI is InChI=1S/C23H16N2O5S2/c26-21(27)23(8-9-23)19-11-18-17(32-19)10-16(31-18)7-6-15-12-24-30-20(15)25-22(28)29-13-14-4-2-1-3-5-14/h1-5,10-12H,8-9,13H2,(H,25,28)(H,26,27). The molecule has 1 amide bonds. The van der Waals surface area contributed by atoms with Crippen LogP contribution in [-0.2, 0) is 21.6 Å². The molecule has 3 heterocycles. The minimum Gasteiger partial charge on any atom is -0.481 e. The molecule has 32 heavy (non-hydrogen) atoms. The summed E-state index contributed by atoms with van der Waals surface area (Å²) in [6.45, 7) is 0.138. The number of ether oxygens (including phenoxy) is 1. The Morgan fingerprint density at radius 3 is 2.66 bits per heavy atom. The predicted molar refractivity (Wildman–Crippen MR) is 121 cm³/mol. The van der Waals surface area contributed by atoms with Crippen molar-refractivity contribution in [2.24, 2.45) is 0 Å². The third kappa shape index (κ3) is 3.98. The summed E-state index contributed by atoms with van der Waals surface area (Å²) in [7, 11) is 0. The number of anilines is 1. The molecule has 1 fully saturated rings. The first-order valence-electron chi connectivity index (χ1n) is 9.75. The number of carboxylic acid groups (broad SMARTS) is 1. The lowest BCUT2D eigenvalue weighted by Crippen LogP contribution is -2.17. The van der Waals surface area contributed by atoms with Crippen LogP contribution in [0.2, 0.25) is 0 Å². The number of aliphatic carboxylic acids is 1. The van der Waals surface area contributed by atoms with E-state index in [1.54, 1.807) is 0 Å². The number of fused-ring (bicyclic) bond motifs is 1. The monoisotopic (exact) mass is 464 g/mol. The van der Waals surface area contributed by atoms with Gasteiger partial charge in [0.2, 0.25) is 5.88 Å². The van der Waals surface area contributed by atoms with Gasteiger partial charge in [-0.3, -0.25) is 10.1 Å². The second kappa shape index (κ2) is 8.15. The van der Waals surface area contributed by atoms with Crippen LogP contribution in [0.4, 0.5) is 10.7 Å². The van der Waals surface area contributed by atoms with E-state index in [0.717, 1.165) is 24.7 Å². The van der Waals surface area contributed by atoms with E-state index in [1.807, 2.05) is 42.5 Å². The van der Waals surface area contributed by atoms with E-state index in [-0.39, 0.29) is 12.5 Å². The summed E-state index contributed by atoms with van der Waals surface area (Å²) in [6.07, 6.45) is 2.15. The Bertz CT molecular complexity index is 1340. The van der Waals surface area contributed by atoms with Gasteiger partial charge in [-0.15, -0.1) is 22.7 Å². The molecular formula is C23H16N2O5S2. The third-order valence-corrected chi connectivity index (χ3v) is 7.57. The quantitative estimate of drug-likeness (QED) is 0.393. The number of hydrogen-bond acceptors (Lipinski definition) is 7. The Labute approximate surface area is 190 Å². The van der Waals surface area contributed by atoms with Crippen molar-refractivity contribution in [2.75, 3.05) is 5.32 Å². The maximum absolute atomic E-state index is 12.1. The smallest absolute Gasteiger partial charge is 0.414 e. The van der Waals surface area contributed by atoms with Crippen LogP contribution >= 0.6 is 22.7 Å². The van der Waals surface area contributed by atoms with Gasteiger partial charge in [-0.25, -0.2) is 4.79 Å². The van der Waals surface area contributed by atoms with Gasteiger partial charge in [0, 0.05) is 14.3 Å². The molecule has 0 spiro atoms. The molecule has 0 radical (unpaired) electrons. The molecule has 5 rings (SSSR count). The summed E-state index contributed by atoms with van der Waals surface area (Å²) in [6, 6.07) is 13.3. The Balaban J connectivity index is 1.26. The average molecular weight is 465 g/mol. The van der Waals surface area contributed by atoms with Crippen molar-refractivity contribution in [2.45, 2.75) is 24.9 Å². The number of thiophene rings is 2. The van der Waals surface area contributed by atoms with Crippen molar-refractivity contribution in [3.63, 3.8) is 0 Å². The molecule has 0 unspecified atom stereocenters. The van der Waals surface area contributed by atoms with Crippen molar-refractivity contribution in [3.05, 3.63) is 69.5 Å². The summed E-state index contributed by atoms with van der Waals surface area (Å²) in [4.78, 5) is 25.3. The predicted octanol–water partition coefficient (Wildman–Crippen LogP) is 5.22. The fraction of sp³-hybridized carbons (Fsp3) is 0.174. The van der Waals surface area contributed by atoms with Gasteiger partial charge in [0.05, 0.1) is 11.1 Å². The molecule has 4 aromatic rings. The molecule has 0 atom stereocenters. The largest absolute Gasteiger partial charge is 0.481 e. The van der Waals surface area contributed by atoms with Gasteiger partial charge < -0.3 is 14.4 Å². The summed E-state index contributed by atoms with van der Waals surface area (Å²) >= 11 is 3.01. The highest BCUT2D eigenvalue weighted by Crippen LogP contribution is 2.52. The van der Waals surface area contributed by atoms with E-state index in [4.69, 9.17) is 9.26 Å². The van der Waals surface area contributed by atoms with Crippen LogP contribution in [0.25, 0.3) is 9.40 Å². The first-order valence-corrected chi connectivity index (χ1v) is 11.4. The third-order valence-electron chi connectivity index (χ3n) is 5.16. The van der Waals surface area contributed by atoms with Crippen LogP contribution in [-0.4, -0.2) is 22.3 Å². The molecule has 0 bridgehead atoms. The molecule has 0 aliphatic heterocycles. The van der Waals surface area contributed by atoms with Gasteiger partial charge in [-0.2, -0.15) is 0 Å². The molecule has 7 nitrogen and oxygen atoms in total. The summed E-state index contributed by atoms with van der Waals surface area (Å²) in [5.41, 5.74) is 0.617. The van der Waals surface area contributed by atoms with E-state index in [1.165, 1.54) is 28.9 Å². The first kappa shape index (κ1) is 20.3. The molecular weight excluding hydrogens is 448 g/mol. The van der Waals surface area contributed by atoms with Crippen molar-refractivity contribution in [3.8, 4) is 11.8 Å².